The number of nitrogens with two attached hydrogens (primary N) is 2. The topological polar surface area (TPSA) is 352 Å². The van der Waals surface area contributed by atoms with Gasteiger partial charge >= 0.3 is 30.4 Å². The SMILES string of the molecule is CCOP(=O)(CI)OCC.CCOP(=O)(COc1cccc2c1c(C(=O)C(N)=O)c(C)n2Cc1ccccc1)OCC.CCOP(=O)(COc1cccc2c1cc(C)n2Cc1ccccc1)OCC.Cc1c(C(=O)C(N)=O)c2c(OCP(=O)(O)O)cccc2n1Cc1ccccc1.Cc1cc2c(O)cccc2n1Cc1ccccc1. The second-order valence-corrected chi connectivity index (χ2v) is 35.4. The molecule has 2 amide bonds. The molecule has 26 nitrogen and oxygen atoms in total. The molecule has 0 saturated carbocycles. The molecule has 0 radical (unpaired) electrons. The first-order chi connectivity index (χ1) is 55.0. The van der Waals surface area contributed by atoms with Gasteiger partial charge in [-0.1, -0.05) is 168 Å². The number of benzene rings is 8. The summed E-state index contributed by atoms with van der Waals surface area (Å²) in [5.41, 5.74) is 22.1. The molecule has 0 bridgehead atoms. The van der Waals surface area contributed by atoms with Crippen molar-refractivity contribution >= 4 is 120 Å². The molecule has 0 atom stereocenters. The number of aromatic nitrogens is 4. The van der Waals surface area contributed by atoms with Crippen LogP contribution in [-0.4, -0.2) is 119 Å². The number of ketones is 2. The zero-order valence-electron chi connectivity index (χ0n) is 65.9. The van der Waals surface area contributed by atoms with Gasteiger partial charge in [0.05, 0.1) is 83.6 Å². The second kappa shape index (κ2) is 43.1. The number of phenols is 1. The van der Waals surface area contributed by atoms with Gasteiger partial charge in [-0.25, -0.2) is 0 Å². The van der Waals surface area contributed by atoms with Crippen molar-refractivity contribution in [2.45, 2.75) is 95.4 Å². The number of phenolic OH excluding ortho intramolecular Hbond substituents is 1. The number of hydrogen-bond acceptors (Lipinski definition) is 18. The van der Waals surface area contributed by atoms with Crippen LogP contribution < -0.4 is 25.7 Å². The molecule has 612 valence electrons. The minimum atomic E-state index is -4.43. The Morgan fingerprint density at radius 2 is 0.670 bits per heavy atom. The normalized spacial score (nSPS) is 11.6. The lowest BCUT2D eigenvalue weighted by Gasteiger charge is -2.18. The van der Waals surface area contributed by atoms with E-state index in [0.29, 0.717) is 94.1 Å². The van der Waals surface area contributed by atoms with Crippen molar-refractivity contribution in [2.75, 3.05) is 62.9 Å². The van der Waals surface area contributed by atoms with Gasteiger partial charge in [-0.15, -0.1) is 0 Å². The third-order valence-electron chi connectivity index (χ3n) is 17.7. The number of Topliss-reactive ketones (excluding diaryl/α,β-unsaturated/α-hetero) is 2. The van der Waals surface area contributed by atoms with E-state index < -0.39 is 60.1 Å². The van der Waals surface area contributed by atoms with Gasteiger partial charge in [0.15, 0.2) is 19.0 Å². The van der Waals surface area contributed by atoms with Crippen LogP contribution in [-0.2, 0) is 81.2 Å². The average molecular weight is 1760 g/mol. The summed E-state index contributed by atoms with van der Waals surface area (Å²) in [7, 11) is -13.9. The zero-order chi connectivity index (χ0) is 83.6. The fraction of sp³-hybridized carbons (Fsp3) is 0.286. The van der Waals surface area contributed by atoms with E-state index >= 15 is 0 Å². The quantitative estimate of drug-likeness (QED) is 0.00822. The molecule has 0 unspecified atom stereocenters. The third-order valence-corrected chi connectivity index (χ3v) is 25.8. The number of carbonyl (C=O) groups excluding carboxylic acids is 4. The van der Waals surface area contributed by atoms with Crippen molar-refractivity contribution in [1.29, 1.82) is 0 Å². The van der Waals surface area contributed by atoms with Crippen molar-refractivity contribution in [2.24, 2.45) is 11.5 Å². The van der Waals surface area contributed by atoms with E-state index in [1.165, 1.54) is 17.2 Å². The van der Waals surface area contributed by atoms with E-state index in [0.717, 1.165) is 57.4 Å². The molecule has 12 aromatic rings. The first kappa shape index (κ1) is 91.3. The lowest BCUT2D eigenvalue weighted by atomic mass is 10.1. The Balaban J connectivity index is 0.000000187. The van der Waals surface area contributed by atoms with E-state index in [9.17, 15) is 42.5 Å². The second-order valence-electron chi connectivity index (χ2n) is 25.8. The number of ether oxygens (including phenoxy) is 3. The summed E-state index contributed by atoms with van der Waals surface area (Å²) < 4.78 is 105. The van der Waals surface area contributed by atoms with Crippen LogP contribution >= 0.6 is 53.0 Å². The molecule has 31 heteroatoms. The highest BCUT2D eigenvalue weighted by molar-refractivity contribution is 14.1. The van der Waals surface area contributed by atoms with Crippen LogP contribution in [0, 0.1) is 27.7 Å². The molecule has 0 saturated heterocycles. The molecule has 4 aromatic heterocycles. The number of nitrogens with zero attached hydrogens (tertiary/aromatic N) is 4. The van der Waals surface area contributed by atoms with Crippen LogP contribution in [0.3, 0.4) is 0 Å². The van der Waals surface area contributed by atoms with E-state index in [1.807, 2.05) is 165 Å². The Morgan fingerprint density at radius 1 is 0.374 bits per heavy atom. The standard InChI is InChI=1S/C23H27N2O6P.C21H26NO4P.C19H19N2O6P.C16H15NO.C5H12IO3P/c1-4-30-32(28,31-5-2)15-29-19-13-9-12-18-21(19)20(22(26)23(24)27)16(3)25(18)14-17-10-7-6-8-11-17;1-4-25-27(23,26-5-2)16-24-21-13-9-12-20-19(21)14-17(3)22(20)15-18-10-7-6-8-11-18;1-12-16(18(22)19(20)23)17-14(21(12)10-13-6-3-2-4-7-13)8-5-9-15(17)27-11-28(24,25)26;1-12-10-14-15(8-5-9-16(14)18)17(12)11-13-6-3-2-4-7-13;1-3-8-10(7,5-6)9-4-2/h6-13H,4-5,14-15H2,1-3H3,(H2,24,27);6-14H,4-5,15-16H2,1-3H3;2-9H,10-11H2,1H3,(H2,20,23)(H2,24,25,26);2-10,18H,11H2,1H3;3-5H2,1-2H3. The molecular weight excluding hydrogens is 1660 g/mol. The fourth-order valence-electron chi connectivity index (χ4n) is 12.8. The number of aryl methyl sites for hydroxylation is 2. The first-order valence-corrected chi connectivity index (χ1v) is 45.6. The number of hydrogen-bond donors (Lipinski definition) is 5. The molecule has 8 aromatic carbocycles. The van der Waals surface area contributed by atoms with E-state index in [4.69, 9.17) is 62.6 Å². The molecule has 4 heterocycles. The number of primary amides is 2. The molecule has 0 aliphatic carbocycles. The Bertz CT molecular complexity index is 5450. The Hall–Kier alpha value is -9.27. The number of fused-ring (bicyclic) bond motifs is 4. The molecule has 0 spiro atoms. The van der Waals surface area contributed by atoms with Crippen molar-refractivity contribution in [3.63, 3.8) is 0 Å². The number of carbonyl (C=O) groups is 4. The average Bonchev–Trinajstić information content (AvgIpc) is 1.60. The smallest absolute Gasteiger partial charge is 0.367 e. The van der Waals surface area contributed by atoms with Crippen LogP contribution in [0.2, 0.25) is 0 Å². The highest BCUT2D eigenvalue weighted by Gasteiger charge is 2.32. The summed E-state index contributed by atoms with van der Waals surface area (Å²) in [6, 6.07) is 65.8. The van der Waals surface area contributed by atoms with Crippen molar-refractivity contribution in [1.82, 2.24) is 18.3 Å². The van der Waals surface area contributed by atoms with Gasteiger partial charge in [-0.2, -0.15) is 0 Å². The van der Waals surface area contributed by atoms with Crippen molar-refractivity contribution in [3.05, 3.63) is 262 Å². The lowest BCUT2D eigenvalue weighted by Crippen LogP contribution is -2.24. The van der Waals surface area contributed by atoms with E-state index in [-0.39, 0.29) is 42.8 Å². The number of amides is 2. The summed E-state index contributed by atoms with van der Waals surface area (Å²) in [6.45, 7) is 22.7. The van der Waals surface area contributed by atoms with Gasteiger partial charge in [-0.05, 0) is 152 Å². The van der Waals surface area contributed by atoms with Crippen LogP contribution in [0.25, 0.3) is 43.6 Å². The van der Waals surface area contributed by atoms with Gasteiger partial charge in [0.1, 0.15) is 27.2 Å². The number of rotatable bonds is 34. The molecule has 115 heavy (non-hydrogen) atoms. The van der Waals surface area contributed by atoms with Crippen molar-refractivity contribution < 1.29 is 93.7 Å². The maximum atomic E-state index is 12.8. The molecular formula is C84H99IN6O20P4. The van der Waals surface area contributed by atoms with Gasteiger partial charge in [0.2, 0.25) is 0 Å². The van der Waals surface area contributed by atoms with Gasteiger partial charge in [0, 0.05) is 59.7 Å². The van der Waals surface area contributed by atoms with Crippen molar-refractivity contribution in [3.8, 4) is 23.0 Å². The lowest BCUT2D eigenvalue weighted by molar-refractivity contribution is -0.114. The molecule has 7 N–H and O–H groups in total. The Labute approximate surface area is 682 Å². The Kier molecular flexibility index (Phi) is 34.2. The number of aromatic hydroxyl groups is 1. The number of halogens is 1. The zero-order valence-corrected chi connectivity index (χ0v) is 71.7. The number of alkyl halides is 1. The minimum Gasteiger partial charge on any atom is -0.507 e. The van der Waals surface area contributed by atoms with Crippen LogP contribution in [0.1, 0.15) is 107 Å². The van der Waals surface area contributed by atoms with E-state index in [1.54, 1.807) is 85.7 Å². The maximum Gasteiger partial charge on any atom is 0.367 e. The fourth-order valence-corrected chi connectivity index (χ4v) is 17.9. The summed E-state index contributed by atoms with van der Waals surface area (Å²) >= 11 is 2.00. The Morgan fingerprint density at radius 3 is 1.01 bits per heavy atom. The van der Waals surface area contributed by atoms with Crippen LogP contribution in [0.15, 0.2) is 206 Å². The van der Waals surface area contributed by atoms with Gasteiger partial charge in [0.25, 0.3) is 23.4 Å². The predicted octanol–water partition coefficient (Wildman–Crippen LogP) is 18.4. The van der Waals surface area contributed by atoms with Crippen LogP contribution in [0.4, 0.5) is 0 Å². The molecule has 12 rings (SSSR count). The first-order valence-electron chi connectivity index (χ1n) is 37.1. The van der Waals surface area contributed by atoms with E-state index in [2.05, 4.69) is 59.4 Å². The third kappa shape index (κ3) is 24.7. The minimum absolute atomic E-state index is 0.0692. The van der Waals surface area contributed by atoms with Crippen LogP contribution in [0.5, 0.6) is 23.0 Å². The molecule has 0 aliphatic heterocycles. The summed E-state index contributed by atoms with van der Waals surface area (Å²) in [6.07, 6.45) is -1.28. The maximum absolute atomic E-state index is 12.8. The molecule has 0 fully saturated rings. The molecule has 0 aliphatic rings. The summed E-state index contributed by atoms with van der Waals surface area (Å²) in [5, 5.41) is 12.5. The van der Waals surface area contributed by atoms with Gasteiger partial charge < -0.3 is 86.0 Å². The highest BCUT2D eigenvalue weighted by atomic mass is 127. The predicted molar refractivity (Wildman–Crippen MR) is 458 cm³/mol. The van der Waals surface area contributed by atoms with Gasteiger partial charge in [-0.3, -0.25) is 37.4 Å². The summed E-state index contributed by atoms with van der Waals surface area (Å²) in [5.74, 6) is -2.45. The summed E-state index contributed by atoms with van der Waals surface area (Å²) in [4.78, 5) is 66.9. The highest BCUT2D eigenvalue weighted by Crippen LogP contribution is 2.51. The monoisotopic (exact) mass is 1760 g/mol. The largest absolute Gasteiger partial charge is 0.507 e.